The van der Waals surface area contributed by atoms with Crippen molar-refractivity contribution in [1.29, 1.82) is 0 Å². The topological polar surface area (TPSA) is 132 Å². The third-order valence-electron chi connectivity index (χ3n) is 6.26. The number of rotatable bonds is 7. The van der Waals surface area contributed by atoms with Crippen LogP contribution in [-0.4, -0.2) is 87.7 Å². The molecule has 1 aromatic heterocycles. The Labute approximate surface area is 214 Å². The first-order valence-electron chi connectivity index (χ1n) is 11.8. The molecule has 12 heteroatoms. The largest absolute Gasteiger partial charge is 0.493 e. The summed E-state index contributed by atoms with van der Waals surface area (Å²) in [6.07, 6.45) is 1.46. The number of piperazine rings is 1. The van der Waals surface area contributed by atoms with Crippen LogP contribution in [0.4, 0.5) is 0 Å². The second kappa shape index (κ2) is 11.2. The molecule has 37 heavy (non-hydrogen) atoms. The van der Waals surface area contributed by atoms with Gasteiger partial charge in [-0.25, -0.2) is 4.99 Å². The predicted molar refractivity (Wildman–Crippen MR) is 131 cm³/mol. The summed E-state index contributed by atoms with van der Waals surface area (Å²) in [4.78, 5) is 47.0. The van der Waals surface area contributed by atoms with E-state index in [1.807, 2.05) is 4.90 Å². The number of guanidine groups is 1. The standard InChI is InChI=1S/C25H30N4O8/c1-5-36-24(32)19-20(15-13-17(33-2)21(35-4)18(14-15)34-3)26-25(27-22(19)30)29-10-8-28(9-11-29)23(31)16-7-6-12-37-16/h6-7,12-14,19-20H,5,8-11H2,1-4H3,(H,26,27,30)/t19-,20+/m1/s1. The molecule has 2 aliphatic rings. The van der Waals surface area contributed by atoms with Crippen molar-refractivity contribution in [2.24, 2.45) is 10.9 Å². The van der Waals surface area contributed by atoms with Crippen molar-refractivity contribution < 1.29 is 37.7 Å². The summed E-state index contributed by atoms with van der Waals surface area (Å²) in [7, 11) is 4.45. The molecule has 1 N–H and O–H groups in total. The highest BCUT2D eigenvalue weighted by Gasteiger charge is 2.43. The summed E-state index contributed by atoms with van der Waals surface area (Å²) in [5.74, 6) is -0.925. The summed E-state index contributed by atoms with van der Waals surface area (Å²) < 4.78 is 26.7. The van der Waals surface area contributed by atoms with Gasteiger partial charge in [-0.3, -0.25) is 19.7 Å². The van der Waals surface area contributed by atoms with Gasteiger partial charge in [0.05, 0.1) is 34.2 Å². The zero-order valence-electron chi connectivity index (χ0n) is 21.2. The van der Waals surface area contributed by atoms with Crippen LogP contribution in [0.25, 0.3) is 0 Å². The molecule has 0 radical (unpaired) electrons. The van der Waals surface area contributed by atoms with Crippen LogP contribution < -0.4 is 19.5 Å². The lowest BCUT2D eigenvalue weighted by Crippen LogP contribution is -2.58. The Morgan fingerprint density at radius 1 is 1.08 bits per heavy atom. The van der Waals surface area contributed by atoms with Gasteiger partial charge in [0.1, 0.15) is 6.04 Å². The molecule has 2 amide bonds. The minimum Gasteiger partial charge on any atom is -0.493 e. The van der Waals surface area contributed by atoms with Gasteiger partial charge in [0.25, 0.3) is 5.91 Å². The molecule has 0 spiro atoms. The molecule has 1 fully saturated rings. The minimum absolute atomic E-state index is 0.118. The van der Waals surface area contributed by atoms with Gasteiger partial charge in [-0.15, -0.1) is 0 Å². The number of ether oxygens (including phenoxy) is 4. The molecular formula is C25H30N4O8. The van der Waals surface area contributed by atoms with E-state index in [1.165, 1.54) is 27.6 Å². The maximum absolute atomic E-state index is 13.2. The van der Waals surface area contributed by atoms with Gasteiger partial charge in [-0.05, 0) is 36.8 Å². The number of nitrogens with zero attached hydrogens (tertiary/aromatic N) is 3. The number of methoxy groups -OCH3 is 3. The smallest absolute Gasteiger partial charge is 0.321 e. The first-order valence-corrected chi connectivity index (χ1v) is 11.8. The van der Waals surface area contributed by atoms with E-state index in [9.17, 15) is 14.4 Å². The Bertz CT molecular complexity index is 1150. The second-order valence-corrected chi connectivity index (χ2v) is 8.33. The monoisotopic (exact) mass is 514 g/mol. The van der Waals surface area contributed by atoms with Crippen molar-refractivity contribution in [3.05, 3.63) is 41.9 Å². The van der Waals surface area contributed by atoms with Crippen LogP contribution in [0.15, 0.2) is 39.9 Å². The number of nitrogens with one attached hydrogen (secondary N) is 1. The van der Waals surface area contributed by atoms with E-state index in [-0.39, 0.29) is 18.3 Å². The van der Waals surface area contributed by atoms with Gasteiger partial charge in [0.2, 0.25) is 17.6 Å². The van der Waals surface area contributed by atoms with Crippen molar-refractivity contribution >= 4 is 23.7 Å². The Balaban J connectivity index is 1.64. The van der Waals surface area contributed by atoms with Gasteiger partial charge in [0.15, 0.2) is 23.2 Å². The van der Waals surface area contributed by atoms with E-state index in [1.54, 1.807) is 36.1 Å². The van der Waals surface area contributed by atoms with E-state index in [2.05, 4.69) is 5.32 Å². The van der Waals surface area contributed by atoms with Crippen LogP contribution >= 0.6 is 0 Å². The molecule has 1 aromatic carbocycles. The number of benzene rings is 1. The van der Waals surface area contributed by atoms with Crippen LogP contribution in [0, 0.1) is 5.92 Å². The minimum atomic E-state index is -1.21. The fourth-order valence-corrected chi connectivity index (χ4v) is 4.42. The van der Waals surface area contributed by atoms with Gasteiger partial charge in [0, 0.05) is 26.2 Å². The van der Waals surface area contributed by atoms with Gasteiger partial charge >= 0.3 is 5.97 Å². The molecule has 2 aromatic rings. The fraction of sp³-hybridized carbons (Fsp3) is 0.440. The molecule has 12 nitrogen and oxygen atoms in total. The molecular weight excluding hydrogens is 484 g/mol. The SMILES string of the molecule is CCOC(=O)[C@H]1C(=O)NC(N2CCN(C(=O)c3ccco3)CC2)=N[C@H]1c1cc(OC)c(OC)c(OC)c1. The molecule has 2 atom stereocenters. The molecule has 0 unspecified atom stereocenters. The third-order valence-corrected chi connectivity index (χ3v) is 6.26. The number of furan rings is 1. The maximum Gasteiger partial charge on any atom is 0.321 e. The zero-order chi connectivity index (χ0) is 26.5. The van der Waals surface area contributed by atoms with Gasteiger partial charge in [-0.2, -0.15) is 0 Å². The Morgan fingerprint density at radius 3 is 2.30 bits per heavy atom. The molecule has 198 valence electrons. The average molecular weight is 515 g/mol. The number of hydrogen-bond donors (Lipinski definition) is 1. The van der Waals surface area contributed by atoms with E-state index >= 15 is 0 Å². The third kappa shape index (κ3) is 5.18. The Hall–Kier alpha value is -4.22. The summed E-state index contributed by atoms with van der Waals surface area (Å²) in [6, 6.07) is 5.71. The summed E-state index contributed by atoms with van der Waals surface area (Å²) in [5.41, 5.74) is 0.520. The van der Waals surface area contributed by atoms with Crippen molar-refractivity contribution in [2.45, 2.75) is 13.0 Å². The van der Waals surface area contributed by atoms with Crippen molar-refractivity contribution in [3.8, 4) is 17.2 Å². The first kappa shape index (κ1) is 25.9. The van der Waals surface area contributed by atoms with Crippen molar-refractivity contribution in [1.82, 2.24) is 15.1 Å². The highest BCUT2D eigenvalue weighted by molar-refractivity contribution is 6.08. The van der Waals surface area contributed by atoms with E-state index in [0.29, 0.717) is 55.0 Å². The lowest BCUT2D eigenvalue weighted by Gasteiger charge is -2.38. The highest BCUT2D eigenvalue weighted by Crippen LogP contribution is 2.42. The fourth-order valence-electron chi connectivity index (χ4n) is 4.42. The van der Waals surface area contributed by atoms with Crippen LogP contribution in [0.2, 0.25) is 0 Å². The number of carbonyl (C=O) groups excluding carboxylic acids is 3. The Kier molecular flexibility index (Phi) is 7.85. The van der Waals surface area contributed by atoms with E-state index in [0.717, 1.165) is 0 Å². The number of carbonyl (C=O) groups is 3. The van der Waals surface area contributed by atoms with Crippen LogP contribution in [0.1, 0.15) is 29.1 Å². The van der Waals surface area contributed by atoms with Crippen molar-refractivity contribution in [2.75, 3.05) is 54.1 Å². The number of aliphatic imine (C=N–C) groups is 1. The predicted octanol–water partition coefficient (Wildman–Crippen LogP) is 1.47. The summed E-state index contributed by atoms with van der Waals surface area (Å²) in [6.45, 7) is 3.46. The average Bonchev–Trinajstić information content (AvgIpc) is 3.46. The van der Waals surface area contributed by atoms with E-state index < -0.39 is 23.8 Å². The molecule has 0 aliphatic carbocycles. The van der Waals surface area contributed by atoms with Crippen LogP contribution in [0.5, 0.6) is 17.2 Å². The Morgan fingerprint density at radius 2 is 1.76 bits per heavy atom. The lowest BCUT2D eigenvalue weighted by atomic mass is 9.90. The quantitative estimate of drug-likeness (QED) is 0.431. The molecule has 0 bridgehead atoms. The zero-order valence-corrected chi connectivity index (χ0v) is 21.2. The van der Waals surface area contributed by atoms with Crippen molar-refractivity contribution in [3.63, 3.8) is 0 Å². The number of hydrogen-bond acceptors (Lipinski definition) is 10. The molecule has 1 saturated heterocycles. The molecule has 3 heterocycles. The summed E-state index contributed by atoms with van der Waals surface area (Å²) in [5, 5.41) is 2.75. The summed E-state index contributed by atoms with van der Waals surface area (Å²) >= 11 is 0. The molecule has 0 saturated carbocycles. The number of esters is 1. The number of amides is 2. The maximum atomic E-state index is 13.2. The van der Waals surface area contributed by atoms with E-state index in [4.69, 9.17) is 28.4 Å². The van der Waals surface area contributed by atoms with Crippen LogP contribution in [-0.2, 0) is 14.3 Å². The second-order valence-electron chi connectivity index (χ2n) is 8.33. The normalized spacial score (nSPS) is 19.6. The lowest BCUT2D eigenvalue weighted by molar-refractivity contribution is -0.153. The highest BCUT2D eigenvalue weighted by atomic mass is 16.5. The molecule has 4 rings (SSSR count). The van der Waals surface area contributed by atoms with Crippen LogP contribution in [0.3, 0.4) is 0 Å². The van der Waals surface area contributed by atoms with Gasteiger partial charge < -0.3 is 33.2 Å². The molecule has 2 aliphatic heterocycles. The first-order chi connectivity index (χ1) is 17.9. The van der Waals surface area contributed by atoms with Gasteiger partial charge in [-0.1, -0.05) is 0 Å².